The molecule has 7 heteroatoms. The summed E-state index contributed by atoms with van der Waals surface area (Å²) in [6.07, 6.45) is 1.79. The van der Waals surface area contributed by atoms with Crippen molar-refractivity contribution in [1.29, 1.82) is 0 Å². The third kappa shape index (κ3) is 3.08. The first-order valence-corrected chi connectivity index (χ1v) is 8.98. The second kappa shape index (κ2) is 6.27. The van der Waals surface area contributed by atoms with Crippen LogP contribution < -0.4 is 4.90 Å². The summed E-state index contributed by atoms with van der Waals surface area (Å²) < 4.78 is 10.6. The molecule has 2 aliphatic heterocycles. The third-order valence-electron chi connectivity index (χ3n) is 3.57. The minimum atomic E-state index is -0.394. The van der Waals surface area contributed by atoms with Crippen molar-refractivity contribution in [3.63, 3.8) is 0 Å². The fourth-order valence-electron chi connectivity index (χ4n) is 2.42. The number of carbonyl (C=O) groups is 1. The first kappa shape index (κ1) is 14.6. The van der Waals surface area contributed by atoms with Crippen molar-refractivity contribution in [2.75, 3.05) is 31.2 Å². The molecule has 0 N–H and O–H groups in total. The van der Waals surface area contributed by atoms with Crippen LogP contribution in [0.2, 0.25) is 0 Å². The molecule has 0 unspecified atom stereocenters. The van der Waals surface area contributed by atoms with Crippen molar-refractivity contribution in [3.8, 4) is 0 Å². The van der Waals surface area contributed by atoms with E-state index in [1.165, 1.54) is 16.3 Å². The highest BCUT2D eigenvalue weighted by atomic mass is 32.1. The van der Waals surface area contributed by atoms with E-state index >= 15 is 0 Å². The molecule has 2 aromatic heterocycles. The van der Waals surface area contributed by atoms with Gasteiger partial charge in [0, 0.05) is 18.0 Å². The van der Waals surface area contributed by atoms with Crippen LogP contribution in [0.4, 0.5) is 5.00 Å². The van der Waals surface area contributed by atoms with E-state index in [1.54, 1.807) is 17.4 Å². The maximum absolute atomic E-state index is 12.0. The fourth-order valence-corrected chi connectivity index (χ4v) is 4.07. The van der Waals surface area contributed by atoms with E-state index in [-0.39, 0.29) is 0 Å². The van der Waals surface area contributed by atoms with Gasteiger partial charge in [-0.2, -0.15) is 0 Å². The molecule has 0 radical (unpaired) electrons. The Morgan fingerprint density at radius 2 is 2.09 bits per heavy atom. The number of hydrogen-bond acceptors (Lipinski definition) is 7. The Morgan fingerprint density at radius 1 is 1.22 bits per heavy atom. The van der Waals surface area contributed by atoms with Gasteiger partial charge >= 0.3 is 5.97 Å². The zero-order valence-corrected chi connectivity index (χ0v) is 13.9. The lowest BCUT2D eigenvalue weighted by Gasteiger charge is -2.27. The number of ether oxygens (including phenoxy) is 2. The van der Waals surface area contributed by atoms with Gasteiger partial charge in [-0.15, -0.1) is 22.7 Å². The van der Waals surface area contributed by atoms with Gasteiger partial charge < -0.3 is 14.4 Å². The van der Waals surface area contributed by atoms with Gasteiger partial charge in [0.05, 0.1) is 23.1 Å². The van der Waals surface area contributed by atoms with Crippen LogP contribution in [0.5, 0.6) is 0 Å². The average molecular weight is 346 g/mol. The molecule has 0 aromatic carbocycles. The minimum absolute atomic E-state index is 0.351. The number of thiophene rings is 2. The summed E-state index contributed by atoms with van der Waals surface area (Å²) in [4.78, 5) is 20.4. The number of carbonyl (C=O) groups excluding carboxylic acids is 1. The van der Waals surface area contributed by atoms with Crippen LogP contribution in [0.25, 0.3) is 6.08 Å². The van der Waals surface area contributed by atoms with Crippen LogP contribution in [0, 0.1) is 0 Å². The summed E-state index contributed by atoms with van der Waals surface area (Å²) >= 11 is 3.15. The molecule has 0 bridgehead atoms. The molecule has 2 aromatic rings. The molecular weight excluding hydrogens is 332 g/mol. The lowest BCUT2D eigenvalue weighted by atomic mass is 10.3. The second-order valence-corrected chi connectivity index (χ2v) is 7.13. The number of nitrogens with zero attached hydrogens (tertiary/aromatic N) is 2. The lowest BCUT2D eigenvalue weighted by molar-refractivity contribution is -0.129. The summed E-state index contributed by atoms with van der Waals surface area (Å²) in [6, 6.07) is 7.88. The average Bonchev–Trinajstić information content (AvgIpc) is 3.31. The molecule has 0 saturated carbocycles. The third-order valence-corrected chi connectivity index (χ3v) is 5.52. The summed E-state index contributed by atoms with van der Waals surface area (Å²) in [5, 5.41) is 3.12. The van der Waals surface area contributed by atoms with E-state index in [1.807, 2.05) is 23.6 Å². The predicted molar refractivity (Wildman–Crippen MR) is 92.3 cm³/mol. The SMILES string of the molecule is O=C1OC(c2cccs2)=NC1=Cc1ccc(N2CCOCC2)s1. The van der Waals surface area contributed by atoms with E-state index in [0.29, 0.717) is 11.6 Å². The summed E-state index contributed by atoms with van der Waals surface area (Å²) in [5.74, 6) is -0.00377. The molecule has 0 atom stereocenters. The van der Waals surface area contributed by atoms with E-state index in [0.717, 1.165) is 36.1 Å². The Kier molecular flexibility index (Phi) is 3.99. The van der Waals surface area contributed by atoms with Crippen molar-refractivity contribution >= 4 is 45.6 Å². The lowest BCUT2D eigenvalue weighted by Crippen LogP contribution is -2.35. The van der Waals surface area contributed by atoms with Gasteiger partial charge in [-0.3, -0.25) is 0 Å². The molecule has 4 heterocycles. The maximum Gasteiger partial charge on any atom is 0.363 e. The van der Waals surface area contributed by atoms with Crippen LogP contribution in [0.3, 0.4) is 0 Å². The van der Waals surface area contributed by atoms with Crippen LogP contribution in [0.15, 0.2) is 40.3 Å². The largest absolute Gasteiger partial charge is 0.401 e. The van der Waals surface area contributed by atoms with Crippen molar-refractivity contribution in [2.24, 2.45) is 4.99 Å². The Balaban J connectivity index is 1.55. The molecule has 23 heavy (non-hydrogen) atoms. The van der Waals surface area contributed by atoms with E-state index < -0.39 is 5.97 Å². The van der Waals surface area contributed by atoms with Crippen molar-refractivity contribution in [2.45, 2.75) is 0 Å². The summed E-state index contributed by atoms with van der Waals surface area (Å²) in [6.45, 7) is 3.32. The topological polar surface area (TPSA) is 51.1 Å². The van der Waals surface area contributed by atoms with Crippen molar-refractivity contribution < 1.29 is 14.3 Å². The molecule has 118 valence electrons. The quantitative estimate of drug-likeness (QED) is 0.633. The predicted octanol–water partition coefficient (Wildman–Crippen LogP) is 2.99. The number of cyclic esters (lactones) is 1. The molecule has 1 fully saturated rings. The Hall–Kier alpha value is -1.96. The number of aliphatic imine (C=N–C) groups is 1. The number of rotatable bonds is 3. The van der Waals surface area contributed by atoms with Crippen molar-refractivity contribution in [1.82, 2.24) is 0 Å². The van der Waals surface area contributed by atoms with Gasteiger partial charge in [0.15, 0.2) is 5.70 Å². The fraction of sp³-hybridized carbons (Fsp3) is 0.250. The van der Waals surface area contributed by atoms with Crippen LogP contribution >= 0.6 is 22.7 Å². The number of hydrogen-bond donors (Lipinski definition) is 0. The molecule has 0 amide bonds. The Labute approximate surface area is 141 Å². The monoisotopic (exact) mass is 346 g/mol. The van der Waals surface area contributed by atoms with Gasteiger partial charge in [0.2, 0.25) is 5.90 Å². The van der Waals surface area contributed by atoms with Gasteiger partial charge in [0.25, 0.3) is 0 Å². The zero-order valence-electron chi connectivity index (χ0n) is 12.2. The Morgan fingerprint density at radius 3 is 2.87 bits per heavy atom. The van der Waals surface area contributed by atoms with E-state index in [2.05, 4.69) is 16.0 Å². The molecule has 0 spiro atoms. The highest BCUT2D eigenvalue weighted by Gasteiger charge is 2.25. The second-order valence-electron chi connectivity index (χ2n) is 5.09. The zero-order chi connectivity index (χ0) is 15.6. The van der Waals surface area contributed by atoms with Gasteiger partial charge in [-0.1, -0.05) is 6.07 Å². The molecular formula is C16H14N2O3S2. The first-order chi connectivity index (χ1) is 11.3. The highest BCUT2D eigenvalue weighted by molar-refractivity contribution is 7.17. The standard InChI is InChI=1S/C16H14N2O3S2/c19-16-12(17-15(21-16)13-2-1-9-22-13)10-11-3-4-14(23-11)18-5-7-20-8-6-18/h1-4,9-10H,5-8H2. The van der Waals surface area contributed by atoms with Gasteiger partial charge in [0.1, 0.15) is 0 Å². The summed E-state index contributed by atoms with van der Waals surface area (Å²) in [7, 11) is 0. The molecule has 0 aliphatic carbocycles. The summed E-state index contributed by atoms with van der Waals surface area (Å²) in [5.41, 5.74) is 0.351. The normalized spacial score (nSPS) is 20.0. The van der Waals surface area contributed by atoms with Gasteiger partial charge in [-0.05, 0) is 29.7 Å². The van der Waals surface area contributed by atoms with Crippen molar-refractivity contribution in [3.05, 3.63) is 45.1 Å². The number of anilines is 1. The Bertz CT molecular complexity index is 771. The van der Waals surface area contributed by atoms with Crippen LogP contribution in [-0.4, -0.2) is 38.2 Å². The maximum atomic E-state index is 12.0. The van der Waals surface area contributed by atoms with Gasteiger partial charge in [-0.25, -0.2) is 9.79 Å². The molecule has 1 saturated heterocycles. The van der Waals surface area contributed by atoms with Crippen LogP contribution in [0.1, 0.15) is 9.75 Å². The van der Waals surface area contributed by atoms with E-state index in [4.69, 9.17) is 9.47 Å². The van der Waals surface area contributed by atoms with Crippen LogP contribution in [-0.2, 0) is 14.3 Å². The highest BCUT2D eigenvalue weighted by Crippen LogP contribution is 2.30. The number of esters is 1. The molecule has 5 nitrogen and oxygen atoms in total. The van der Waals surface area contributed by atoms with E-state index in [9.17, 15) is 4.79 Å². The molecule has 2 aliphatic rings. The number of morpholine rings is 1. The minimum Gasteiger partial charge on any atom is -0.401 e. The smallest absolute Gasteiger partial charge is 0.363 e. The first-order valence-electron chi connectivity index (χ1n) is 7.28. The molecule has 4 rings (SSSR count).